The molecule has 0 saturated heterocycles. The topological polar surface area (TPSA) is 58.2 Å². The van der Waals surface area contributed by atoms with Crippen LogP contribution in [0.5, 0.6) is 0 Å². The molecule has 0 radical (unpaired) electrons. The lowest BCUT2D eigenvalue weighted by molar-refractivity contribution is -0.121. The van der Waals surface area contributed by atoms with Gasteiger partial charge in [0.15, 0.2) is 0 Å². The van der Waals surface area contributed by atoms with Crippen molar-refractivity contribution in [1.82, 2.24) is 5.32 Å². The van der Waals surface area contributed by atoms with Gasteiger partial charge in [-0.3, -0.25) is 9.59 Å². The predicted octanol–water partition coefficient (Wildman–Crippen LogP) is 4.66. The third kappa shape index (κ3) is 5.28. The molecule has 1 aliphatic rings. The lowest BCUT2D eigenvalue weighted by Crippen LogP contribution is -2.31. The molecule has 0 saturated carbocycles. The Hall–Kier alpha value is -2.49. The van der Waals surface area contributed by atoms with Gasteiger partial charge in [0, 0.05) is 28.1 Å². The number of nitrogens with one attached hydrogen (secondary N) is 2. The maximum atomic E-state index is 12.3. The number of amides is 2. The fourth-order valence-corrected chi connectivity index (χ4v) is 4.07. The molecule has 28 heavy (non-hydrogen) atoms. The molecule has 0 aromatic heterocycles. The van der Waals surface area contributed by atoms with Crippen molar-refractivity contribution in [3.8, 4) is 11.8 Å². The number of benzene rings is 2. The molecular weight excluding hydrogens is 436 g/mol. The van der Waals surface area contributed by atoms with Gasteiger partial charge < -0.3 is 10.6 Å². The average molecular weight is 455 g/mol. The van der Waals surface area contributed by atoms with Crippen molar-refractivity contribution in [3.63, 3.8) is 0 Å². The fraction of sp³-hybridized carbons (Fsp3) is 0.182. The molecular formula is C22H19BrN2O2S. The van der Waals surface area contributed by atoms with E-state index in [4.69, 9.17) is 0 Å². The van der Waals surface area contributed by atoms with Gasteiger partial charge >= 0.3 is 0 Å². The van der Waals surface area contributed by atoms with Gasteiger partial charge in [-0.25, -0.2) is 0 Å². The molecule has 1 heterocycles. The first kappa shape index (κ1) is 20.2. The summed E-state index contributed by atoms with van der Waals surface area (Å²) in [4.78, 5) is 24.6. The van der Waals surface area contributed by atoms with Gasteiger partial charge in [-0.1, -0.05) is 63.9 Å². The molecule has 1 atom stereocenters. The number of hydrogen-bond acceptors (Lipinski definition) is 3. The van der Waals surface area contributed by atoms with Crippen LogP contribution in [0.3, 0.4) is 0 Å². The largest absolute Gasteiger partial charge is 0.325 e. The minimum Gasteiger partial charge on any atom is -0.325 e. The monoisotopic (exact) mass is 454 g/mol. The van der Waals surface area contributed by atoms with E-state index < -0.39 is 0 Å². The summed E-state index contributed by atoms with van der Waals surface area (Å²) in [6, 6.07) is 17.2. The number of carbonyl (C=O) groups is 2. The second-order valence-electron chi connectivity index (χ2n) is 6.18. The minimum atomic E-state index is -0.132. The lowest BCUT2D eigenvalue weighted by Gasteiger charge is -2.26. The molecule has 0 spiro atoms. The molecule has 6 heteroatoms. The minimum absolute atomic E-state index is 0.0689. The zero-order valence-electron chi connectivity index (χ0n) is 15.3. The van der Waals surface area contributed by atoms with E-state index in [1.807, 2.05) is 54.6 Å². The van der Waals surface area contributed by atoms with Crippen molar-refractivity contribution in [3.05, 3.63) is 75.2 Å². The van der Waals surface area contributed by atoms with E-state index in [1.54, 1.807) is 6.92 Å². The summed E-state index contributed by atoms with van der Waals surface area (Å²) in [5.74, 6) is 5.95. The number of para-hydroxylation sites is 1. The van der Waals surface area contributed by atoms with E-state index in [2.05, 4.69) is 38.4 Å². The van der Waals surface area contributed by atoms with Crippen LogP contribution in [0.25, 0.3) is 0 Å². The Balaban J connectivity index is 1.79. The molecule has 2 N–H and O–H groups in total. The van der Waals surface area contributed by atoms with Crippen LogP contribution in [-0.4, -0.2) is 17.6 Å². The number of hydrogen-bond donors (Lipinski definition) is 2. The first-order chi connectivity index (χ1) is 13.6. The Bertz CT molecular complexity index is 960. The Labute approximate surface area is 177 Å². The van der Waals surface area contributed by atoms with Crippen LogP contribution in [0.2, 0.25) is 0 Å². The molecule has 0 bridgehead atoms. The molecule has 2 aromatic carbocycles. The lowest BCUT2D eigenvalue weighted by atomic mass is 9.87. The maximum absolute atomic E-state index is 12.3. The average Bonchev–Trinajstić information content (AvgIpc) is 2.69. The summed E-state index contributed by atoms with van der Waals surface area (Å²) in [5.41, 5.74) is 2.63. The van der Waals surface area contributed by atoms with Gasteiger partial charge in [-0.05, 0) is 36.8 Å². The quantitative estimate of drug-likeness (QED) is 0.645. The van der Waals surface area contributed by atoms with Crippen LogP contribution in [-0.2, 0) is 9.59 Å². The third-order valence-electron chi connectivity index (χ3n) is 4.17. The maximum Gasteiger partial charge on any atom is 0.234 e. The van der Waals surface area contributed by atoms with E-state index in [1.165, 1.54) is 11.8 Å². The highest BCUT2D eigenvalue weighted by Crippen LogP contribution is 2.36. The number of allylic oxidation sites excluding steroid dienone is 1. The molecule has 2 amide bonds. The van der Waals surface area contributed by atoms with Gasteiger partial charge in [-0.15, -0.1) is 5.92 Å². The SMILES string of the molecule is CC#CC1=C(SCC(=O)Nc2ccccc2)NC(=O)CC1c1ccc(Br)cc1. The summed E-state index contributed by atoms with van der Waals surface area (Å²) >= 11 is 4.74. The van der Waals surface area contributed by atoms with Crippen molar-refractivity contribution in [1.29, 1.82) is 0 Å². The van der Waals surface area contributed by atoms with Gasteiger partial charge in [0.1, 0.15) is 0 Å². The zero-order chi connectivity index (χ0) is 19.9. The van der Waals surface area contributed by atoms with Crippen molar-refractivity contribution in [2.24, 2.45) is 0 Å². The van der Waals surface area contributed by atoms with Crippen LogP contribution in [0.1, 0.15) is 24.8 Å². The number of halogens is 1. The molecule has 0 aliphatic carbocycles. The Kier molecular flexibility index (Phi) is 6.96. The smallest absolute Gasteiger partial charge is 0.234 e. The highest BCUT2D eigenvalue weighted by molar-refractivity contribution is 9.10. The van der Waals surface area contributed by atoms with E-state index in [0.717, 1.165) is 21.3 Å². The van der Waals surface area contributed by atoms with Gasteiger partial charge in [0.05, 0.1) is 10.8 Å². The number of anilines is 1. The first-order valence-corrected chi connectivity index (χ1v) is 10.5. The summed E-state index contributed by atoms with van der Waals surface area (Å²) in [7, 11) is 0. The summed E-state index contributed by atoms with van der Waals surface area (Å²) in [6.45, 7) is 1.77. The van der Waals surface area contributed by atoms with E-state index in [0.29, 0.717) is 11.4 Å². The molecule has 3 rings (SSSR count). The number of thioether (sulfide) groups is 1. The normalized spacial score (nSPS) is 16.1. The van der Waals surface area contributed by atoms with Crippen molar-refractivity contribution in [2.75, 3.05) is 11.1 Å². The fourth-order valence-electron chi connectivity index (χ4n) is 2.92. The Morgan fingerprint density at radius 1 is 1.21 bits per heavy atom. The van der Waals surface area contributed by atoms with Crippen LogP contribution >= 0.6 is 27.7 Å². The third-order valence-corrected chi connectivity index (χ3v) is 5.72. The van der Waals surface area contributed by atoms with Crippen molar-refractivity contribution < 1.29 is 9.59 Å². The molecule has 4 nitrogen and oxygen atoms in total. The van der Waals surface area contributed by atoms with Crippen molar-refractivity contribution in [2.45, 2.75) is 19.3 Å². The molecule has 1 aliphatic heterocycles. The second-order valence-corrected chi connectivity index (χ2v) is 8.08. The van der Waals surface area contributed by atoms with Gasteiger partial charge in [-0.2, -0.15) is 0 Å². The molecule has 142 valence electrons. The summed E-state index contributed by atoms with van der Waals surface area (Å²) in [5, 5.41) is 6.40. The predicted molar refractivity (Wildman–Crippen MR) is 118 cm³/mol. The van der Waals surface area contributed by atoms with Crippen LogP contribution < -0.4 is 10.6 Å². The van der Waals surface area contributed by atoms with Gasteiger partial charge in [0.25, 0.3) is 0 Å². The van der Waals surface area contributed by atoms with Crippen LogP contribution in [0, 0.1) is 11.8 Å². The van der Waals surface area contributed by atoms with Gasteiger partial charge in [0.2, 0.25) is 11.8 Å². The standard InChI is InChI=1S/C22H19BrN2O2S/c1-2-6-18-19(15-9-11-16(23)12-10-15)13-20(26)25-22(18)28-14-21(27)24-17-7-4-3-5-8-17/h3-5,7-12,19H,13-14H2,1H3,(H,24,27)(H,25,26). The first-order valence-electron chi connectivity index (χ1n) is 8.76. The summed E-state index contributed by atoms with van der Waals surface area (Å²) < 4.78 is 0.982. The zero-order valence-corrected chi connectivity index (χ0v) is 17.7. The Morgan fingerprint density at radius 2 is 1.93 bits per heavy atom. The van der Waals surface area contributed by atoms with E-state index in [-0.39, 0.29) is 23.5 Å². The van der Waals surface area contributed by atoms with Crippen LogP contribution in [0.4, 0.5) is 5.69 Å². The molecule has 1 unspecified atom stereocenters. The highest BCUT2D eigenvalue weighted by Gasteiger charge is 2.28. The van der Waals surface area contributed by atoms with Crippen molar-refractivity contribution >= 4 is 45.2 Å². The Morgan fingerprint density at radius 3 is 2.61 bits per heavy atom. The summed E-state index contributed by atoms with van der Waals surface area (Å²) in [6.07, 6.45) is 0.339. The van der Waals surface area contributed by atoms with E-state index in [9.17, 15) is 9.59 Å². The number of carbonyl (C=O) groups excluding carboxylic acids is 2. The molecule has 2 aromatic rings. The highest BCUT2D eigenvalue weighted by atomic mass is 79.9. The molecule has 0 fully saturated rings. The second kappa shape index (κ2) is 9.63. The number of rotatable bonds is 5. The van der Waals surface area contributed by atoms with Crippen LogP contribution in [0.15, 0.2) is 69.7 Å². The van der Waals surface area contributed by atoms with E-state index >= 15 is 0 Å².